The summed E-state index contributed by atoms with van der Waals surface area (Å²) in [5, 5.41) is 9.32. The van der Waals surface area contributed by atoms with Gasteiger partial charge in [-0.05, 0) is 26.4 Å². The molecular formula is C10H16N4O. The Kier molecular flexibility index (Phi) is 3.01. The fourth-order valence-corrected chi connectivity index (χ4v) is 1.95. The van der Waals surface area contributed by atoms with Crippen LogP contribution in [0.2, 0.25) is 0 Å². The highest BCUT2D eigenvalue weighted by molar-refractivity contribution is 5.38. The van der Waals surface area contributed by atoms with Crippen LogP contribution < -0.4 is 10.9 Å². The molecule has 5 heteroatoms. The molecule has 0 amide bonds. The molecule has 5 nitrogen and oxygen atoms in total. The minimum Gasteiger partial charge on any atom is -0.382 e. The molecule has 82 valence electrons. The maximum absolute atomic E-state index is 11.0. The van der Waals surface area contributed by atoms with Crippen LogP contribution in [0.5, 0.6) is 0 Å². The molecule has 1 saturated heterocycles. The summed E-state index contributed by atoms with van der Waals surface area (Å²) < 4.78 is 0. The average molecular weight is 208 g/mol. The zero-order chi connectivity index (χ0) is 10.7. The van der Waals surface area contributed by atoms with E-state index in [4.69, 9.17) is 0 Å². The number of H-pyrrole nitrogens is 1. The zero-order valence-corrected chi connectivity index (χ0v) is 8.86. The van der Waals surface area contributed by atoms with Gasteiger partial charge in [-0.2, -0.15) is 5.10 Å². The van der Waals surface area contributed by atoms with Gasteiger partial charge in [0.05, 0.1) is 11.9 Å². The van der Waals surface area contributed by atoms with Gasteiger partial charge in [0.25, 0.3) is 5.56 Å². The molecule has 0 radical (unpaired) electrons. The number of anilines is 1. The lowest BCUT2D eigenvalue weighted by Crippen LogP contribution is -2.31. The topological polar surface area (TPSA) is 61.0 Å². The highest BCUT2D eigenvalue weighted by Crippen LogP contribution is 2.14. The third-order valence-corrected chi connectivity index (χ3v) is 2.88. The largest absolute Gasteiger partial charge is 0.382 e. The summed E-state index contributed by atoms with van der Waals surface area (Å²) in [6.45, 7) is 2.04. The Labute approximate surface area is 88.5 Å². The number of rotatable bonds is 3. The van der Waals surface area contributed by atoms with Crippen molar-refractivity contribution in [1.29, 1.82) is 0 Å². The van der Waals surface area contributed by atoms with E-state index < -0.39 is 0 Å². The summed E-state index contributed by atoms with van der Waals surface area (Å²) in [6.07, 6.45) is 4.12. The molecular weight excluding hydrogens is 192 g/mol. The molecule has 0 aromatic carbocycles. The average Bonchev–Trinajstić information content (AvgIpc) is 2.61. The number of likely N-dealkylation sites (N-methyl/N-ethyl adjacent to an activating group) is 1. The molecule has 0 aliphatic carbocycles. The minimum absolute atomic E-state index is 0.167. The van der Waals surface area contributed by atoms with E-state index in [1.54, 1.807) is 6.20 Å². The van der Waals surface area contributed by atoms with Crippen molar-refractivity contribution in [3.8, 4) is 0 Å². The van der Waals surface area contributed by atoms with E-state index in [2.05, 4.69) is 27.5 Å². The molecule has 0 bridgehead atoms. The van der Waals surface area contributed by atoms with Crippen LogP contribution in [0.25, 0.3) is 0 Å². The van der Waals surface area contributed by atoms with Crippen molar-refractivity contribution < 1.29 is 0 Å². The molecule has 1 fully saturated rings. The quantitative estimate of drug-likeness (QED) is 0.749. The molecule has 1 atom stereocenters. The van der Waals surface area contributed by atoms with Crippen molar-refractivity contribution in [2.75, 3.05) is 25.5 Å². The predicted molar refractivity (Wildman–Crippen MR) is 59.0 cm³/mol. The highest BCUT2D eigenvalue weighted by Gasteiger charge is 2.20. The second-order valence-corrected chi connectivity index (χ2v) is 3.99. The Hall–Kier alpha value is -1.36. The Balaban J connectivity index is 1.90. The third kappa shape index (κ3) is 2.56. The van der Waals surface area contributed by atoms with Crippen LogP contribution in [0.3, 0.4) is 0 Å². The van der Waals surface area contributed by atoms with E-state index in [0.29, 0.717) is 6.04 Å². The maximum Gasteiger partial charge on any atom is 0.266 e. The molecule has 0 saturated carbocycles. The molecule has 1 aliphatic rings. The number of hydrogen-bond donors (Lipinski definition) is 2. The van der Waals surface area contributed by atoms with Gasteiger partial charge in [0.15, 0.2) is 0 Å². The fraction of sp³-hybridized carbons (Fsp3) is 0.600. The van der Waals surface area contributed by atoms with E-state index in [9.17, 15) is 4.79 Å². The van der Waals surface area contributed by atoms with Gasteiger partial charge in [-0.3, -0.25) is 4.79 Å². The Morgan fingerprint density at radius 1 is 1.73 bits per heavy atom. The molecule has 15 heavy (non-hydrogen) atoms. The first kappa shape index (κ1) is 10.2. The van der Waals surface area contributed by atoms with Crippen LogP contribution in [0.1, 0.15) is 12.8 Å². The van der Waals surface area contributed by atoms with Gasteiger partial charge in [-0.25, -0.2) is 5.10 Å². The van der Waals surface area contributed by atoms with Crippen molar-refractivity contribution in [1.82, 2.24) is 15.1 Å². The molecule has 1 aromatic rings. The number of likely N-dealkylation sites (tertiary alicyclic amines) is 1. The smallest absolute Gasteiger partial charge is 0.266 e. The molecule has 2 N–H and O–H groups in total. The standard InChI is InChI=1S/C10H16N4O/c1-14-4-2-3-9(14)7-11-8-5-10(15)13-12-6-8/h5-6,9H,2-4,7H2,1H3,(H2,11,13,15). The first-order valence-corrected chi connectivity index (χ1v) is 5.24. The molecule has 2 rings (SSSR count). The number of nitrogens with one attached hydrogen (secondary N) is 2. The summed E-state index contributed by atoms with van der Waals surface area (Å²) in [5.41, 5.74) is 0.624. The maximum atomic E-state index is 11.0. The second kappa shape index (κ2) is 4.44. The van der Waals surface area contributed by atoms with Crippen molar-refractivity contribution in [2.24, 2.45) is 0 Å². The summed E-state index contributed by atoms with van der Waals surface area (Å²) in [7, 11) is 2.13. The fourth-order valence-electron chi connectivity index (χ4n) is 1.95. The molecule has 1 aromatic heterocycles. The van der Waals surface area contributed by atoms with Gasteiger partial charge >= 0.3 is 0 Å². The first-order valence-electron chi connectivity index (χ1n) is 5.24. The van der Waals surface area contributed by atoms with Crippen molar-refractivity contribution in [3.05, 3.63) is 22.6 Å². The van der Waals surface area contributed by atoms with Crippen LogP contribution >= 0.6 is 0 Å². The van der Waals surface area contributed by atoms with Crippen LogP contribution in [-0.4, -0.2) is 41.3 Å². The predicted octanol–water partition coefficient (Wildman–Crippen LogP) is 0.276. The number of hydrogen-bond acceptors (Lipinski definition) is 4. The summed E-state index contributed by atoms with van der Waals surface area (Å²) in [5.74, 6) is 0. The lowest BCUT2D eigenvalue weighted by Gasteiger charge is -2.19. The van der Waals surface area contributed by atoms with Gasteiger partial charge < -0.3 is 10.2 Å². The molecule has 2 heterocycles. The monoisotopic (exact) mass is 208 g/mol. The van der Waals surface area contributed by atoms with Crippen molar-refractivity contribution >= 4 is 5.69 Å². The Morgan fingerprint density at radius 3 is 3.27 bits per heavy atom. The molecule has 1 aliphatic heterocycles. The van der Waals surface area contributed by atoms with E-state index in [1.165, 1.54) is 25.5 Å². The van der Waals surface area contributed by atoms with Gasteiger partial charge in [0.1, 0.15) is 0 Å². The van der Waals surface area contributed by atoms with Crippen molar-refractivity contribution in [2.45, 2.75) is 18.9 Å². The number of nitrogens with zero attached hydrogens (tertiary/aromatic N) is 2. The number of aromatic amines is 1. The molecule has 0 spiro atoms. The summed E-state index contributed by atoms with van der Waals surface area (Å²) in [4.78, 5) is 13.3. The highest BCUT2D eigenvalue weighted by atomic mass is 16.1. The van der Waals surface area contributed by atoms with Gasteiger partial charge in [-0.15, -0.1) is 0 Å². The Morgan fingerprint density at radius 2 is 2.60 bits per heavy atom. The SMILES string of the molecule is CN1CCCC1CNc1cn[nH]c(=O)c1. The summed E-state index contributed by atoms with van der Waals surface area (Å²) in [6, 6.07) is 2.10. The van der Waals surface area contributed by atoms with Crippen LogP contribution in [0, 0.1) is 0 Å². The third-order valence-electron chi connectivity index (χ3n) is 2.88. The lowest BCUT2D eigenvalue weighted by molar-refractivity contribution is 0.322. The van der Waals surface area contributed by atoms with Crippen molar-refractivity contribution in [3.63, 3.8) is 0 Å². The van der Waals surface area contributed by atoms with Gasteiger partial charge in [0.2, 0.25) is 0 Å². The van der Waals surface area contributed by atoms with Crippen LogP contribution in [0.15, 0.2) is 17.1 Å². The normalized spacial score (nSPS) is 21.8. The number of aromatic nitrogens is 2. The first-order chi connectivity index (χ1) is 7.25. The van der Waals surface area contributed by atoms with Crippen LogP contribution in [0.4, 0.5) is 5.69 Å². The van der Waals surface area contributed by atoms with Gasteiger partial charge in [0, 0.05) is 18.7 Å². The minimum atomic E-state index is -0.167. The second-order valence-electron chi connectivity index (χ2n) is 3.99. The van der Waals surface area contributed by atoms with Crippen LogP contribution in [-0.2, 0) is 0 Å². The lowest BCUT2D eigenvalue weighted by atomic mass is 10.2. The van der Waals surface area contributed by atoms with Gasteiger partial charge in [-0.1, -0.05) is 0 Å². The summed E-state index contributed by atoms with van der Waals surface area (Å²) >= 11 is 0. The van der Waals surface area contributed by atoms with E-state index in [0.717, 1.165) is 12.2 Å². The van der Waals surface area contributed by atoms with E-state index in [-0.39, 0.29) is 5.56 Å². The van der Waals surface area contributed by atoms with E-state index in [1.807, 2.05) is 0 Å². The van der Waals surface area contributed by atoms with E-state index >= 15 is 0 Å². The molecule has 1 unspecified atom stereocenters. The zero-order valence-electron chi connectivity index (χ0n) is 8.86. The Bertz CT molecular complexity index is 376.